The first kappa shape index (κ1) is 10.4. The van der Waals surface area contributed by atoms with Gasteiger partial charge < -0.3 is 16.2 Å². The number of carbonyl (C=O) groups excluding carboxylic acids is 2. The van der Waals surface area contributed by atoms with E-state index in [1.165, 1.54) is 13.8 Å². The molecular formula is C6H11N3O3. The van der Waals surface area contributed by atoms with E-state index in [4.69, 9.17) is 11.5 Å². The molecule has 0 aromatic rings. The lowest BCUT2D eigenvalue weighted by Crippen LogP contribution is -2.28. The van der Waals surface area contributed by atoms with Crippen LogP contribution in [0.3, 0.4) is 0 Å². The second-order valence-corrected chi connectivity index (χ2v) is 2.13. The Labute approximate surface area is 69.6 Å². The van der Waals surface area contributed by atoms with Crippen molar-refractivity contribution in [2.24, 2.45) is 16.5 Å². The fourth-order valence-corrected chi connectivity index (χ4v) is 0.517. The molecule has 0 aliphatic heterocycles. The van der Waals surface area contributed by atoms with Crippen LogP contribution in [0, 0.1) is 0 Å². The molecule has 0 rings (SSSR count). The molecule has 0 spiro atoms. The highest BCUT2D eigenvalue weighted by molar-refractivity contribution is 5.94. The van der Waals surface area contributed by atoms with Crippen molar-refractivity contribution in [1.29, 1.82) is 0 Å². The molecule has 0 heterocycles. The van der Waals surface area contributed by atoms with Gasteiger partial charge in [-0.3, -0.25) is 9.59 Å². The zero-order chi connectivity index (χ0) is 9.72. The third-order valence-corrected chi connectivity index (χ3v) is 0.930. The highest BCUT2D eigenvalue weighted by Crippen LogP contribution is 1.93. The Morgan fingerprint density at radius 3 is 2.25 bits per heavy atom. The first-order chi connectivity index (χ1) is 5.43. The monoisotopic (exact) mass is 173 g/mol. The van der Waals surface area contributed by atoms with E-state index in [0.29, 0.717) is 0 Å². The predicted octanol–water partition coefficient (Wildman–Crippen LogP) is -1.26. The summed E-state index contributed by atoms with van der Waals surface area (Å²) in [4.78, 5) is 24.4. The number of esters is 1. The maximum absolute atomic E-state index is 10.9. The third-order valence-electron chi connectivity index (χ3n) is 0.930. The van der Waals surface area contributed by atoms with Gasteiger partial charge in [0.15, 0.2) is 12.1 Å². The summed E-state index contributed by atoms with van der Waals surface area (Å²) < 4.78 is 4.51. The molecule has 12 heavy (non-hydrogen) atoms. The molecule has 1 unspecified atom stereocenters. The van der Waals surface area contributed by atoms with Crippen molar-refractivity contribution in [1.82, 2.24) is 0 Å². The summed E-state index contributed by atoms with van der Waals surface area (Å²) in [6.45, 7) is 2.58. The van der Waals surface area contributed by atoms with Crippen LogP contribution in [0.2, 0.25) is 0 Å². The van der Waals surface area contributed by atoms with Crippen molar-refractivity contribution in [2.45, 2.75) is 20.0 Å². The van der Waals surface area contributed by atoms with Gasteiger partial charge in [-0.2, -0.15) is 4.99 Å². The molecule has 0 aromatic carbocycles. The highest BCUT2D eigenvalue weighted by Gasteiger charge is 2.14. The Kier molecular flexibility index (Phi) is 3.75. The van der Waals surface area contributed by atoms with Gasteiger partial charge in [-0.1, -0.05) is 0 Å². The fraction of sp³-hybridized carbons (Fsp3) is 0.500. The van der Waals surface area contributed by atoms with E-state index < -0.39 is 18.0 Å². The molecule has 1 amide bonds. The molecule has 4 N–H and O–H groups in total. The number of carbonyl (C=O) groups is 2. The third kappa shape index (κ3) is 4.26. The summed E-state index contributed by atoms with van der Waals surface area (Å²) in [7, 11) is 0. The summed E-state index contributed by atoms with van der Waals surface area (Å²) in [5.41, 5.74) is 9.86. The molecule has 0 aromatic heterocycles. The Morgan fingerprint density at radius 2 is 1.92 bits per heavy atom. The number of guanidine groups is 1. The van der Waals surface area contributed by atoms with Gasteiger partial charge in [-0.05, 0) is 6.92 Å². The summed E-state index contributed by atoms with van der Waals surface area (Å²) in [5.74, 6) is -1.58. The van der Waals surface area contributed by atoms with Gasteiger partial charge in [0.05, 0.1) is 0 Å². The van der Waals surface area contributed by atoms with E-state index >= 15 is 0 Å². The number of rotatable bonds is 2. The number of aliphatic imine (C=N–C) groups is 1. The molecule has 0 saturated heterocycles. The minimum atomic E-state index is -0.940. The highest BCUT2D eigenvalue weighted by atomic mass is 16.5. The van der Waals surface area contributed by atoms with Crippen LogP contribution in [0.25, 0.3) is 0 Å². The fourth-order valence-electron chi connectivity index (χ4n) is 0.517. The molecule has 68 valence electrons. The van der Waals surface area contributed by atoms with Crippen LogP contribution in [-0.2, 0) is 14.3 Å². The van der Waals surface area contributed by atoms with E-state index in [1.807, 2.05) is 0 Å². The topological polar surface area (TPSA) is 108 Å². The van der Waals surface area contributed by atoms with Gasteiger partial charge in [0.1, 0.15) is 0 Å². The van der Waals surface area contributed by atoms with Crippen molar-refractivity contribution < 1.29 is 14.3 Å². The SMILES string of the molecule is CC(=O)OC(C)C(=O)N=C(N)N. The number of nitrogens with zero attached hydrogens (tertiary/aromatic N) is 1. The maximum Gasteiger partial charge on any atom is 0.303 e. The van der Waals surface area contributed by atoms with Gasteiger partial charge >= 0.3 is 5.97 Å². The van der Waals surface area contributed by atoms with E-state index in [1.54, 1.807) is 0 Å². The number of hydrogen-bond acceptors (Lipinski definition) is 3. The van der Waals surface area contributed by atoms with Crippen LogP contribution in [-0.4, -0.2) is 23.9 Å². The maximum atomic E-state index is 10.9. The smallest absolute Gasteiger partial charge is 0.303 e. The van der Waals surface area contributed by atoms with Gasteiger partial charge in [0, 0.05) is 6.92 Å². The Balaban J connectivity index is 4.11. The largest absolute Gasteiger partial charge is 0.453 e. The quantitative estimate of drug-likeness (QED) is 0.308. The standard InChI is InChI=1S/C6H11N3O3/c1-3(12-4(2)10)5(11)9-6(7)8/h3H,1-2H3,(H4,7,8,9,11). The summed E-state index contributed by atoms with van der Waals surface area (Å²) in [6.07, 6.45) is -0.940. The van der Waals surface area contributed by atoms with Crippen molar-refractivity contribution in [2.75, 3.05) is 0 Å². The second kappa shape index (κ2) is 4.32. The predicted molar refractivity (Wildman–Crippen MR) is 42.0 cm³/mol. The lowest BCUT2D eigenvalue weighted by atomic mass is 10.4. The Morgan fingerprint density at radius 1 is 1.42 bits per heavy atom. The van der Waals surface area contributed by atoms with Crippen molar-refractivity contribution in [3.05, 3.63) is 0 Å². The summed E-state index contributed by atoms with van der Waals surface area (Å²) in [6, 6.07) is 0. The van der Waals surface area contributed by atoms with Gasteiger partial charge in [0.2, 0.25) is 0 Å². The molecule has 0 aliphatic rings. The van der Waals surface area contributed by atoms with Crippen molar-refractivity contribution in [3.8, 4) is 0 Å². The zero-order valence-electron chi connectivity index (χ0n) is 6.90. The molecule has 0 bridgehead atoms. The average Bonchev–Trinajstić information content (AvgIpc) is 1.84. The molecule has 0 saturated carbocycles. The van der Waals surface area contributed by atoms with Crippen LogP contribution in [0.15, 0.2) is 4.99 Å². The van der Waals surface area contributed by atoms with Crippen LogP contribution < -0.4 is 11.5 Å². The molecule has 0 radical (unpaired) electrons. The lowest BCUT2D eigenvalue weighted by Gasteiger charge is -2.06. The van der Waals surface area contributed by atoms with E-state index in [2.05, 4.69) is 9.73 Å². The van der Waals surface area contributed by atoms with Crippen LogP contribution in [0.5, 0.6) is 0 Å². The number of ether oxygens (including phenoxy) is 1. The Bertz CT molecular complexity index is 220. The summed E-state index contributed by atoms with van der Waals surface area (Å²) in [5, 5.41) is 0. The normalized spacial score (nSPS) is 11.5. The zero-order valence-corrected chi connectivity index (χ0v) is 6.90. The molecular weight excluding hydrogens is 162 g/mol. The van der Waals surface area contributed by atoms with Crippen LogP contribution in [0.1, 0.15) is 13.8 Å². The van der Waals surface area contributed by atoms with Gasteiger partial charge in [-0.15, -0.1) is 0 Å². The first-order valence-electron chi connectivity index (χ1n) is 3.24. The van der Waals surface area contributed by atoms with E-state index in [0.717, 1.165) is 0 Å². The number of hydrogen-bond donors (Lipinski definition) is 2. The van der Waals surface area contributed by atoms with Crippen molar-refractivity contribution >= 4 is 17.8 Å². The Hall–Kier alpha value is -1.59. The van der Waals surface area contributed by atoms with Crippen LogP contribution in [0.4, 0.5) is 0 Å². The van der Waals surface area contributed by atoms with Gasteiger partial charge in [0.25, 0.3) is 5.91 Å². The van der Waals surface area contributed by atoms with E-state index in [9.17, 15) is 9.59 Å². The molecule has 0 fully saturated rings. The average molecular weight is 173 g/mol. The number of nitrogens with two attached hydrogens (primary N) is 2. The summed E-state index contributed by atoms with van der Waals surface area (Å²) >= 11 is 0. The minimum absolute atomic E-state index is 0.348. The van der Waals surface area contributed by atoms with E-state index in [-0.39, 0.29) is 5.96 Å². The molecule has 6 heteroatoms. The second-order valence-electron chi connectivity index (χ2n) is 2.13. The minimum Gasteiger partial charge on any atom is -0.453 e. The van der Waals surface area contributed by atoms with Crippen LogP contribution >= 0.6 is 0 Å². The molecule has 0 aliphatic carbocycles. The number of amides is 1. The molecule has 1 atom stereocenters. The lowest BCUT2D eigenvalue weighted by molar-refractivity contribution is -0.151. The van der Waals surface area contributed by atoms with Crippen molar-refractivity contribution in [3.63, 3.8) is 0 Å². The first-order valence-corrected chi connectivity index (χ1v) is 3.24. The molecule has 6 nitrogen and oxygen atoms in total. The van der Waals surface area contributed by atoms with Gasteiger partial charge in [-0.25, -0.2) is 0 Å².